The van der Waals surface area contributed by atoms with Crippen molar-refractivity contribution in [2.45, 2.75) is 6.54 Å². The number of carbonyl (C=O) groups is 1. The third kappa shape index (κ3) is 13.0. The highest BCUT2D eigenvalue weighted by molar-refractivity contribution is 7.85. The summed E-state index contributed by atoms with van der Waals surface area (Å²) < 4.78 is 62.4. The molecule has 0 aliphatic rings. The van der Waals surface area contributed by atoms with Crippen LogP contribution in [0, 0.1) is 10.8 Å². The summed E-state index contributed by atoms with van der Waals surface area (Å²) in [6.45, 7) is 0.205. The van der Waals surface area contributed by atoms with E-state index in [0.717, 1.165) is 10.8 Å². The molecule has 16 heteroatoms. The van der Waals surface area contributed by atoms with Crippen molar-refractivity contribution in [3.8, 4) is 5.75 Å². The second-order valence-electron chi connectivity index (χ2n) is 7.03. The monoisotopic (exact) mass is 543 g/mol. The Labute approximate surface area is 206 Å². The highest BCUT2D eigenvalue weighted by Crippen LogP contribution is 2.23. The largest absolute Gasteiger partial charge is 0.452 e. The minimum Gasteiger partial charge on any atom is -0.452 e. The smallest absolute Gasteiger partial charge is 0.379 e. The fourth-order valence-electron chi connectivity index (χ4n) is 2.38. The number of nitrogens with two attached hydrogens (primary N) is 2. The molecule has 0 aliphatic heterocycles. The number of nitrogens with one attached hydrogen (secondary N) is 3. The van der Waals surface area contributed by atoms with Crippen LogP contribution in [0.15, 0.2) is 52.9 Å². The van der Waals surface area contributed by atoms with Crippen molar-refractivity contribution in [3.05, 3.63) is 65.6 Å². The molecule has 0 saturated carbocycles. The van der Waals surface area contributed by atoms with E-state index in [2.05, 4.69) is 5.32 Å². The molecule has 9 N–H and O–H groups in total. The molecule has 1 heterocycles. The molecule has 196 valence electrons. The molecule has 0 fully saturated rings. The first kappa shape index (κ1) is 30.0. The fourth-order valence-corrected chi connectivity index (χ4v) is 2.38. The van der Waals surface area contributed by atoms with Crippen molar-refractivity contribution in [1.29, 1.82) is 10.8 Å². The van der Waals surface area contributed by atoms with Gasteiger partial charge in [0.2, 0.25) is 5.76 Å². The highest BCUT2D eigenvalue weighted by Gasteiger charge is 2.14. The van der Waals surface area contributed by atoms with Crippen molar-refractivity contribution in [3.63, 3.8) is 0 Å². The molecule has 0 unspecified atom stereocenters. The Morgan fingerprint density at radius 1 is 0.944 bits per heavy atom. The molecule has 0 spiro atoms. The minimum absolute atomic E-state index is 0.00436. The molecule has 0 radical (unpaired) electrons. The molecule has 3 rings (SSSR count). The van der Waals surface area contributed by atoms with Gasteiger partial charge in [0.25, 0.3) is 20.2 Å². The number of ether oxygens (including phenoxy) is 1. The number of fused-ring (bicyclic) bond motifs is 1. The van der Waals surface area contributed by atoms with Crippen LogP contribution in [0.2, 0.25) is 0 Å². The zero-order valence-corrected chi connectivity index (χ0v) is 20.7. The third-order valence-electron chi connectivity index (χ3n) is 3.65. The minimum atomic E-state index is -3.67. The molecule has 1 aromatic heterocycles. The lowest BCUT2D eigenvalue weighted by Crippen LogP contribution is -2.29. The van der Waals surface area contributed by atoms with Crippen molar-refractivity contribution in [1.82, 2.24) is 5.32 Å². The molecule has 0 aliphatic carbocycles. The Morgan fingerprint density at radius 2 is 1.47 bits per heavy atom. The summed E-state index contributed by atoms with van der Waals surface area (Å²) in [6.07, 6.45) is 1.43. The van der Waals surface area contributed by atoms with E-state index in [9.17, 15) is 21.6 Å². The Balaban J connectivity index is 0.000000550. The maximum Gasteiger partial charge on any atom is 0.379 e. The van der Waals surface area contributed by atoms with Crippen LogP contribution in [-0.2, 0) is 26.8 Å². The number of carbonyl (C=O) groups excluding carboxylic acids is 1. The van der Waals surface area contributed by atoms with Gasteiger partial charge in [-0.1, -0.05) is 18.2 Å². The number of nitrogen functional groups attached to an aromatic ring is 1. The molecule has 0 saturated heterocycles. The van der Waals surface area contributed by atoms with Crippen LogP contribution in [0.25, 0.3) is 10.8 Å². The van der Waals surface area contributed by atoms with Gasteiger partial charge in [-0.05, 0) is 41.1 Å². The van der Waals surface area contributed by atoms with Gasteiger partial charge in [-0.15, -0.1) is 0 Å². The predicted octanol–water partition coefficient (Wildman–Crippen LogP) is 0.927. The van der Waals surface area contributed by atoms with E-state index >= 15 is 0 Å². The Hall–Kier alpha value is -3.99. The summed E-state index contributed by atoms with van der Waals surface area (Å²) in [4.78, 5) is 12.2. The fraction of sp³-hybridized carbons (Fsp3) is 0.150. The van der Waals surface area contributed by atoms with Crippen molar-refractivity contribution >= 4 is 48.8 Å². The SMILES string of the molecule is CS(=O)(=O)O.CS(=O)(=O)O.N=C(N)NCc1ccc(C(=O)Oc2ccc3cc(C(=N)N)ccc3c2)o1. The number of furan rings is 1. The van der Waals surface area contributed by atoms with Gasteiger partial charge in [-0.2, -0.15) is 16.8 Å². The number of hydrogen-bond acceptors (Lipinski definition) is 9. The van der Waals surface area contributed by atoms with E-state index in [0.29, 0.717) is 29.6 Å². The van der Waals surface area contributed by atoms with Crippen LogP contribution >= 0.6 is 0 Å². The molecular weight excluding hydrogens is 518 g/mol. The number of hydrogen-bond donors (Lipinski definition) is 7. The molecule has 2 aromatic carbocycles. The third-order valence-corrected chi connectivity index (χ3v) is 3.65. The van der Waals surface area contributed by atoms with E-state index < -0.39 is 26.2 Å². The standard InChI is InChI=1S/C18H17N5O3.2CH4O3S/c19-16(20)12-2-1-11-8-13(4-3-10(11)7-12)26-17(24)15-6-5-14(25-15)9-23-18(21)22;2*1-5(2,3)4/h1-8H,9H2,(H3,19,20)(H4,21,22,23);2*1H3,(H,2,3,4). The quantitative estimate of drug-likeness (QED) is 0.0779. The summed E-state index contributed by atoms with van der Waals surface area (Å²) in [5.74, 6) is 0.0707. The summed E-state index contributed by atoms with van der Waals surface area (Å²) in [7, 11) is -7.33. The average Bonchev–Trinajstić information content (AvgIpc) is 3.18. The summed E-state index contributed by atoms with van der Waals surface area (Å²) in [6, 6.07) is 13.6. The number of esters is 1. The topological polar surface area (TPSA) is 260 Å². The normalized spacial score (nSPS) is 10.8. The first-order valence-electron chi connectivity index (χ1n) is 9.54. The first-order valence-corrected chi connectivity index (χ1v) is 13.2. The zero-order valence-electron chi connectivity index (χ0n) is 19.0. The van der Waals surface area contributed by atoms with Gasteiger partial charge in [0.1, 0.15) is 17.3 Å². The number of amidine groups is 1. The number of benzene rings is 2. The van der Waals surface area contributed by atoms with Crippen LogP contribution in [-0.4, -0.2) is 56.2 Å². The molecule has 14 nitrogen and oxygen atoms in total. The molecular formula is C20H25N5O9S2. The first-order chi connectivity index (χ1) is 16.4. The maximum atomic E-state index is 12.2. The van der Waals surface area contributed by atoms with Gasteiger partial charge in [-0.3, -0.25) is 19.9 Å². The van der Waals surface area contributed by atoms with Gasteiger partial charge >= 0.3 is 5.97 Å². The summed E-state index contributed by atoms with van der Waals surface area (Å²) >= 11 is 0. The predicted molar refractivity (Wildman–Crippen MR) is 132 cm³/mol. The summed E-state index contributed by atoms with van der Waals surface area (Å²) in [5.41, 5.74) is 11.3. The second-order valence-corrected chi connectivity index (χ2v) is 9.96. The van der Waals surface area contributed by atoms with Crippen LogP contribution in [0.1, 0.15) is 21.9 Å². The Morgan fingerprint density at radius 3 is 2.00 bits per heavy atom. The summed E-state index contributed by atoms with van der Waals surface area (Å²) in [5, 5.41) is 18.9. The van der Waals surface area contributed by atoms with E-state index in [4.69, 9.17) is 40.5 Å². The van der Waals surface area contributed by atoms with Gasteiger partial charge in [-0.25, -0.2) is 4.79 Å². The van der Waals surface area contributed by atoms with Crippen LogP contribution < -0.4 is 21.5 Å². The Bertz CT molecular complexity index is 1420. The lowest BCUT2D eigenvalue weighted by atomic mass is 10.1. The molecule has 36 heavy (non-hydrogen) atoms. The molecule has 0 bridgehead atoms. The van der Waals surface area contributed by atoms with Gasteiger partial charge < -0.3 is 25.9 Å². The van der Waals surface area contributed by atoms with Crippen LogP contribution in [0.5, 0.6) is 5.75 Å². The number of rotatable bonds is 5. The van der Waals surface area contributed by atoms with Crippen molar-refractivity contribution < 1.29 is 39.9 Å². The van der Waals surface area contributed by atoms with Gasteiger partial charge in [0.05, 0.1) is 19.1 Å². The van der Waals surface area contributed by atoms with E-state index in [1.54, 1.807) is 36.4 Å². The molecule has 0 amide bonds. The average molecular weight is 544 g/mol. The van der Waals surface area contributed by atoms with Crippen LogP contribution in [0.4, 0.5) is 0 Å². The molecule has 0 atom stereocenters. The van der Waals surface area contributed by atoms with Crippen molar-refractivity contribution in [2.24, 2.45) is 11.5 Å². The van der Waals surface area contributed by atoms with Gasteiger partial charge in [0.15, 0.2) is 5.96 Å². The highest BCUT2D eigenvalue weighted by atomic mass is 32.2. The van der Waals surface area contributed by atoms with Gasteiger partial charge in [0, 0.05) is 5.56 Å². The van der Waals surface area contributed by atoms with E-state index in [1.165, 1.54) is 6.07 Å². The van der Waals surface area contributed by atoms with E-state index in [1.807, 2.05) is 6.07 Å². The molecule has 3 aromatic rings. The lowest BCUT2D eigenvalue weighted by molar-refractivity contribution is 0.0699. The number of guanidine groups is 1. The van der Waals surface area contributed by atoms with Crippen molar-refractivity contribution in [2.75, 3.05) is 12.5 Å². The van der Waals surface area contributed by atoms with E-state index in [-0.39, 0.29) is 24.1 Å². The second kappa shape index (κ2) is 12.6. The lowest BCUT2D eigenvalue weighted by Gasteiger charge is -2.06. The van der Waals surface area contributed by atoms with Crippen LogP contribution in [0.3, 0.4) is 0 Å². The Kier molecular flexibility index (Phi) is 10.5. The zero-order chi connectivity index (χ0) is 27.7. The maximum absolute atomic E-state index is 12.2.